The van der Waals surface area contributed by atoms with E-state index < -0.39 is 23.7 Å². The molecule has 0 radical (unpaired) electrons. The number of benzene rings is 2. The molecule has 0 aliphatic heterocycles. The molecule has 0 aliphatic rings. The molecule has 0 saturated carbocycles. The first-order valence-electron chi connectivity index (χ1n) is 10.2. The Hall–Kier alpha value is -3.02. The van der Waals surface area contributed by atoms with Crippen LogP contribution in [0.3, 0.4) is 0 Å². The number of carboxylic acids is 1. The van der Waals surface area contributed by atoms with Crippen molar-refractivity contribution in [3.05, 3.63) is 53.6 Å². The van der Waals surface area contributed by atoms with Gasteiger partial charge < -0.3 is 19.9 Å². The van der Waals surface area contributed by atoms with Crippen molar-refractivity contribution in [2.24, 2.45) is 0 Å². The molecule has 0 fully saturated rings. The Kier molecular flexibility index (Phi) is 7.86. The smallest absolute Gasteiger partial charge is 0.408 e. The number of rotatable bonds is 8. The number of amides is 1. The SMILES string of the molecule is CCOc1ccc(-c2ccc(C[C@H](NC(=O)OC(C)(C)C)C(=O)O)cc2)c(CC)c1. The molecule has 0 bridgehead atoms. The molecule has 2 N–H and O–H groups in total. The predicted octanol–water partition coefficient (Wildman–Crippen LogP) is 4.84. The minimum absolute atomic E-state index is 0.165. The van der Waals surface area contributed by atoms with Gasteiger partial charge in [-0.15, -0.1) is 0 Å². The second-order valence-electron chi connectivity index (χ2n) is 8.04. The van der Waals surface area contributed by atoms with Crippen LogP contribution in [0.2, 0.25) is 0 Å². The van der Waals surface area contributed by atoms with E-state index in [9.17, 15) is 14.7 Å². The molecule has 2 aromatic carbocycles. The zero-order chi connectivity index (χ0) is 22.3. The van der Waals surface area contributed by atoms with Crippen molar-refractivity contribution < 1.29 is 24.2 Å². The van der Waals surface area contributed by atoms with Crippen molar-refractivity contribution in [1.82, 2.24) is 5.32 Å². The Morgan fingerprint density at radius 2 is 1.73 bits per heavy atom. The molecule has 0 unspecified atom stereocenters. The second kappa shape index (κ2) is 10.1. The average molecular weight is 414 g/mol. The second-order valence-corrected chi connectivity index (χ2v) is 8.04. The van der Waals surface area contributed by atoms with Crippen LogP contribution in [0.15, 0.2) is 42.5 Å². The lowest BCUT2D eigenvalue weighted by Gasteiger charge is -2.22. The summed E-state index contributed by atoms with van der Waals surface area (Å²) in [7, 11) is 0. The molecule has 6 heteroatoms. The predicted molar refractivity (Wildman–Crippen MR) is 117 cm³/mol. The molecule has 0 aliphatic carbocycles. The van der Waals surface area contributed by atoms with Gasteiger partial charge in [-0.2, -0.15) is 0 Å². The van der Waals surface area contributed by atoms with Crippen molar-refractivity contribution in [3.63, 3.8) is 0 Å². The Labute approximate surface area is 178 Å². The molecule has 162 valence electrons. The summed E-state index contributed by atoms with van der Waals surface area (Å²) in [6, 6.07) is 12.7. The average Bonchev–Trinajstić information content (AvgIpc) is 2.67. The van der Waals surface area contributed by atoms with Gasteiger partial charge in [0.25, 0.3) is 0 Å². The molecule has 1 atom stereocenters. The summed E-state index contributed by atoms with van der Waals surface area (Å²) < 4.78 is 10.7. The number of carboxylic acid groups (broad SMARTS) is 1. The Morgan fingerprint density at radius 1 is 1.07 bits per heavy atom. The quantitative estimate of drug-likeness (QED) is 0.647. The third-order valence-corrected chi connectivity index (χ3v) is 4.46. The Bertz CT molecular complexity index is 868. The van der Waals surface area contributed by atoms with Crippen LogP contribution >= 0.6 is 0 Å². The zero-order valence-corrected chi connectivity index (χ0v) is 18.3. The van der Waals surface area contributed by atoms with E-state index in [1.807, 2.05) is 43.3 Å². The van der Waals surface area contributed by atoms with Crippen LogP contribution in [0.5, 0.6) is 5.75 Å². The largest absolute Gasteiger partial charge is 0.494 e. The van der Waals surface area contributed by atoms with E-state index in [0.717, 1.165) is 28.9 Å². The number of carbonyl (C=O) groups excluding carboxylic acids is 1. The van der Waals surface area contributed by atoms with Gasteiger partial charge in [0.05, 0.1) is 6.61 Å². The number of aliphatic carboxylic acids is 1. The van der Waals surface area contributed by atoms with Gasteiger partial charge in [-0.1, -0.05) is 37.3 Å². The topological polar surface area (TPSA) is 84.9 Å². The van der Waals surface area contributed by atoms with Crippen LogP contribution in [0.25, 0.3) is 11.1 Å². The van der Waals surface area contributed by atoms with E-state index in [-0.39, 0.29) is 6.42 Å². The summed E-state index contributed by atoms with van der Waals surface area (Å²) in [6.07, 6.45) is 0.297. The van der Waals surface area contributed by atoms with Gasteiger partial charge in [-0.05, 0) is 68.5 Å². The van der Waals surface area contributed by atoms with Crippen LogP contribution < -0.4 is 10.1 Å². The Balaban J connectivity index is 2.14. The van der Waals surface area contributed by atoms with Crippen molar-refractivity contribution in [2.45, 2.75) is 59.1 Å². The van der Waals surface area contributed by atoms with E-state index >= 15 is 0 Å². The fourth-order valence-corrected chi connectivity index (χ4v) is 3.11. The van der Waals surface area contributed by atoms with Crippen molar-refractivity contribution in [1.29, 1.82) is 0 Å². The van der Waals surface area contributed by atoms with Crippen LogP contribution in [-0.2, 0) is 22.4 Å². The summed E-state index contributed by atoms with van der Waals surface area (Å²) in [4.78, 5) is 23.5. The van der Waals surface area contributed by atoms with Gasteiger partial charge >= 0.3 is 12.1 Å². The van der Waals surface area contributed by atoms with Crippen molar-refractivity contribution in [3.8, 4) is 16.9 Å². The lowest BCUT2D eigenvalue weighted by molar-refractivity contribution is -0.139. The first kappa shape index (κ1) is 23.3. The fraction of sp³-hybridized carbons (Fsp3) is 0.417. The fourth-order valence-electron chi connectivity index (χ4n) is 3.11. The number of hydrogen-bond donors (Lipinski definition) is 2. The van der Waals surface area contributed by atoms with Crippen molar-refractivity contribution in [2.75, 3.05) is 6.61 Å². The number of carbonyl (C=O) groups is 2. The molecule has 1 amide bonds. The zero-order valence-electron chi connectivity index (χ0n) is 18.3. The van der Waals surface area contributed by atoms with Crippen LogP contribution in [0.4, 0.5) is 4.79 Å². The van der Waals surface area contributed by atoms with Crippen LogP contribution in [0.1, 0.15) is 45.7 Å². The first-order valence-corrected chi connectivity index (χ1v) is 10.2. The van der Waals surface area contributed by atoms with E-state index in [4.69, 9.17) is 9.47 Å². The number of aryl methyl sites for hydroxylation is 1. The minimum atomic E-state index is -1.11. The molecule has 0 saturated heterocycles. The monoisotopic (exact) mass is 413 g/mol. The van der Waals surface area contributed by atoms with Gasteiger partial charge in [-0.3, -0.25) is 0 Å². The molecule has 0 aromatic heterocycles. The normalized spacial score (nSPS) is 12.2. The maximum absolute atomic E-state index is 11.9. The summed E-state index contributed by atoms with van der Waals surface area (Å²) in [6.45, 7) is 9.87. The number of ether oxygens (including phenoxy) is 2. The Morgan fingerprint density at radius 3 is 2.27 bits per heavy atom. The van der Waals surface area contributed by atoms with E-state index in [0.29, 0.717) is 6.61 Å². The number of hydrogen-bond acceptors (Lipinski definition) is 4. The van der Waals surface area contributed by atoms with E-state index in [1.54, 1.807) is 20.8 Å². The summed E-state index contributed by atoms with van der Waals surface area (Å²) in [5.41, 5.74) is 3.47. The molecule has 30 heavy (non-hydrogen) atoms. The summed E-state index contributed by atoms with van der Waals surface area (Å²) >= 11 is 0. The highest BCUT2D eigenvalue weighted by Gasteiger charge is 2.24. The molecular formula is C24H31NO5. The molecule has 2 rings (SSSR count). The molecule has 2 aromatic rings. The number of alkyl carbamates (subject to hydrolysis) is 1. The van der Waals surface area contributed by atoms with Gasteiger partial charge in [0, 0.05) is 6.42 Å². The highest BCUT2D eigenvalue weighted by Crippen LogP contribution is 2.28. The highest BCUT2D eigenvalue weighted by molar-refractivity contribution is 5.80. The first-order chi connectivity index (χ1) is 14.1. The highest BCUT2D eigenvalue weighted by atomic mass is 16.6. The maximum Gasteiger partial charge on any atom is 0.408 e. The molecular weight excluding hydrogens is 382 g/mol. The van der Waals surface area contributed by atoms with Crippen LogP contribution in [-0.4, -0.2) is 35.4 Å². The van der Waals surface area contributed by atoms with Gasteiger partial charge in [-0.25, -0.2) is 9.59 Å². The summed E-state index contributed by atoms with van der Waals surface area (Å²) in [5.74, 6) is -0.253. The van der Waals surface area contributed by atoms with Gasteiger partial charge in [0.2, 0.25) is 0 Å². The minimum Gasteiger partial charge on any atom is -0.494 e. The molecule has 6 nitrogen and oxygen atoms in total. The van der Waals surface area contributed by atoms with Crippen molar-refractivity contribution >= 4 is 12.1 Å². The van der Waals surface area contributed by atoms with Crippen LogP contribution in [0, 0.1) is 0 Å². The van der Waals surface area contributed by atoms with Gasteiger partial charge in [0.15, 0.2) is 0 Å². The lowest BCUT2D eigenvalue weighted by atomic mass is 9.96. The van der Waals surface area contributed by atoms with E-state index in [1.165, 1.54) is 5.56 Å². The molecule has 0 spiro atoms. The maximum atomic E-state index is 11.9. The molecule has 0 heterocycles. The standard InChI is InChI=1S/C24H31NO5/c1-6-17-15-19(29-7-2)12-13-20(17)18-10-8-16(9-11-18)14-21(22(26)27)25-23(28)30-24(3,4)5/h8-13,15,21H,6-7,14H2,1-5H3,(H,25,28)(H,26,27)/t21-/m0/s1. The lowest BCUT2D eigenvalue weighted by Crippen LogP contribution is -2.44. The third kappa shape index (κ3) is 6.79. The summed E-state index contributed by atoms with van der Waals surface area (Å²) in [5, 5.41) is 11.9. The third-order valence-electron chi connectivity index (χ3n) is 4.46. The van der Waals surface area contributed by atoms with Gasteiger partial charge in [0.1, 0.15) is 17.4 Å². The van der Waals surface area contributed by atoms with E-state index in [2.05, 4.69) is 18.3 Å². The number of nitrogens with one attached hydrogen (secondary N) is 1.